The van der Waals surface area contributed by atoms with Crippen LogP contribution in [0.4, 0.5) is 5.82 Å². The molecule has 3 rings (SSSR count). The molecule has 1 fully saturated rings. The Morgan fingerprint density at radius 3 is 2.79 bits per heavy atom. The first-order valence-corrected chi connectivity index (χ1v) is 7.42. The fraction of sp³-hybridized carbons (Fsp3) is 0.364. The van der Waals surface area contributed by atoms with Crippen LogP contribution >= 0.6 is 0 Å². The molecule has 7 nitrogen and oxygen atoms in total. The number of hydrogen-bond donors (Lipinski definition) is 1. The average Bonchev–Trinajstić information content (AvgIpc) is 2.92. The second-order valence-corrected chi connectivity index (χ2v) is 6.22. The highest BCUT2D eigenvalue weighted by atomic mass is 32.2. The number of hydrazone groups is 1. The first-order valence-electron chi connectivity index (χ1n) is 5.94. The summed E-state index contributed by atoms with van der Waals surface area (Å²) in [7, 11) is -3.89. The molecular formula is C11H12N4O3S. The Bertz CT molecular complexity index is 662. The van der Waals surface area contributed by atoms with Crippen LogP contribution in [0.1, 0.15) is 12.8 Å². The van der Waals surface area contributed by atoms with Crippen molar-refractivity contribution < 1.29 is 13.2 Å². The Labute approximate surface area is 110 Å². The third-order valence-corrected chi connectivity index (χ3v) is 4.84. The van der Waals surface area contributed by atoms with Gasteiger partial charge in [0.15, 0.2) is 5.82 Å². The molecule has 19 heavy (non-hydrogen) atoms. The van der Waals surface area contributed by atoms with Crippen LogP contribution in [-0.4, -0.2) is 42.3 Å². The van der Waals surface area contributed by atoms with Gasteiger partial charge in [-0.1, -0.05) is 0 Å². The smallest absolute Gasteiger partial charge is 0.286 e. The molecule has 2 aliphatic rings. The zero-order valence-electron chi connectivity index (χ0n) is 10.0. The van der Waals surface area contributed by atoms with Crippen LogP contribution in [0, 0.1) is 0 Å². The van der Waals surface area contributed by atoms with Gasteiger partial charge in [0.2, 0.25) is 14.9 Å². The minimum absolute atomic E-state index is 0.00690. The van der Waals surface area contributed by atoms with Gasteiger partial charge in [-0.25, -0.2) is 13.4 Å². The van der Waals surface area contributed by atoms with E-state index in [-0.39, 0.29) is 10.7 Å². The van der Waals surface area contributed by atoms with Crippen molar-refractivity contribution in [1.82, 2.24) is 9.88 Å². The van der Waals surface area contributed by atoms with Crippen molar-refractivity contribution >= 4 is 26.6 Å². The number of carbonyl (C=O) groups excluding carboxylic acids is 1. The lowest BCUT2D eigenvalue weighted by molar-refractivity contribution is -0.122. The molecule has 1 N–H and O–H groups in total. The van der Waals surface area contributed by atoms with Crippen molar-refractivity contribution in [3.05, 3.63) is 18.3 Å². The maximum Gasteiger partial charge on any atom is 0.286 e. The van der Waals surface area contributed by atoms with Crippen LogP contribution in [0.25, 0.3) is 0 Å². The fourth-order valence-corrected chi connectivity index (χ4v) is 3.52. The summed E-state index contributed by atoms with van der Waals surface area (Å²) in [5, 5.41) is 3.24. The number of aromatic nitrogens is 1. The summed E-state index contributed by atoms with van der Waals surface area (Å²) in [6.07, 6.45) is 3.25. The van der Waals surface area contributed by atoms with Gasteiger partial charge in [-0.2, -0.15) is 5.10 Å². The van der Waals surface area contributed by atoms with E-state index < -0.39 is 20.8 Å². The van der Waals surface area contributed by atoms with E-state index in [9.17, 15) is 13.2 Å². The van der Waals surface area contributed by atoms with Gasteiger partial charge in [0.25, 0.3) is 5.91 Å². The molecule has 100 valence electrons. The van der Waals surface area contributed by atoms with E-state index in [1.165, 1.54) is 23.2 Å². The lowest BCUT2D eigenvalue weighted by Crippen LogP contribution is -2.40. The molecule has 1 aromatic rings. The van der Waals surface area contributed by atoms with E-state index >= 15 is 0 Å². The molecule has 1 aromatic heterocycles. The van der Waals surface area contributed by atoms with Crippen LogP contribution in [0.3, 0.4) is 0 Å². The predicted octanol–water partition coefficient (Wildman–Crippen LogP) is 0.217. The minimum Gasteiger partial charge on any atom is -0.337 e. The van der Waals surface area contributed by atoms with E-state index in [1.54, 1.807) is 0 Å². The van der Waals surface area contributed by atoms with Gasteiger partial charge < -0.3 is 4.90 Å². The summed E-state index contributed by atoms with van der Waals surface area (Å²) >= 11 is 0. The molecule has 0 spiro atoms. The van der Waals surface area contributed by atoms with Crippen molar-refractivity contribution in [2.75, 3.05) is 18.5 Å². The van der Waals surface area contributed by atoms with E-state index in [0.29, 0.717) is 13.1 Å². The highest BCUT2D eigenvalue weighted by Crippen LogP contribution is 2.25. The fourth-order valence-electron chi connectivity index (χ4n) is 2.18. The molecule has 0 atom stereocenters. The van der Waals surface area contributed by atoms with Crippen molar-refractivity contribution in [1.29, 1.82) is 0 Å². The topological polar surface area (TPSA) is 91.7 Å². The largest absolute Gasteiger partial charge is 0.337 e. The second-order valence-electron chi connectivity index (χ2n) is 4.38. The Balaban J connectivity index is 2.01. The van der Waals surface area contributed by atoms with Crippen LogP contribution in [0.2, 0.25) is 0 Å². The van der Waals surface area contributed by atoms with Crippen molar-refractivity contribution in [3.63, 3.8) is 0 Å². The lowest BCUT2D eigenvalue weighted by Gasteiger charge is -2.20. The number of carbonyl (C=O) groups is 1. The Morgan fingerprint density at radius 1 is 1.32 bits per heavy atom. The Morgan fingerprint density at radius 2 is 2.05 bits per heavy atom. The van der Waals surface area contributed by atoms with E-state index in [4.69, 9.17) is 0 Å². The van der Waals surface area contributed by atoms with Crippen molar-refractivity contribution in [2.45, 2.75) is 17.7 Å². The highest BCUT2D eigenvalue weighted by molar-refractivity contribution is 8.08. The summed E-state index contributed by atoms with van der Waals surface area (Å²) in [5.41, 5.74) is 2.52. The van der Waals surface area contributed by atoms with Gasteiger partial charge in [-0.05, 0) is 25.0 Å². The number of pyridine rings is 1. The summed E-state index contributed by atoms with van der Waals surface area (Å²) in [6.45, 7) is 1.15. The number of sulfone groups is 1. The third-order valence-electron chi connectivity index (χ3n) is 3.15. The van der Waals surface area contributed by atoms with Gasteiger partial charge in [0.05, 0.1) is 0 Å². The molecular weight excluding hydrogens is 268 g/mol. The normalized spacial score (nSPS) is 20.4. The van der Waals surface area contributed by atoms with Crippen molar-refractivity contribution in [2.24, 2.45) is 5.10 Å². The van der Waals surface area contributed by atoms with Crippen LogP contribution in [-0.2, 0) is 14.6 Å². The predicted molar refractivity (Wildman–Crippen MR) is 68.3 cm³/mol. The molecule has 0 saturated carbocycles. The lowest BCUT2D eigenvalue weighted by atomic mass is 10.4. The molecule has 3 heterocycles. The summed E-state index contributed by atoms with van der Waals surface area (Å²) in [5.74, 6) is -0.389. The van der Waals surface area contributed by atoms with Crippen LogP contribution in [0.5, 0.6) is 0 Å². The number of nitrogens with one attached hydrogen (secondary N) is 1. The van der Waals surface area contributed by atoms with E-state index in [2.05, 4.69) is 15.5 Å². The first kappa shape index (κ1) is 12.1. The van der Waals surface area contributed by atoms with Crippen LogP contribution < -0.4 is 5.43 Å². The summed E-state index contributed by atoms with van der Waals surface area (Å²) < 4.78 is 24.7. The number of amides is 1. The quantitative estimate of drug-likeness (QED) is 0.794. The Hall–Kier alpha value is -1.96. The first-order chi connectivity index (χ1) is 9.10. The number of nitrogens with zero attached hydrogens (tertiary/aromatic N) is 3. The number of rotatable bonds is 1. The van der Waals surface area contributed by atoms with Crippen LogP contribution in [0.15, 0.2) is 28.3 Å². The second kappa shape index (κ2) is 4.30. The summed E-state index contributed by atoms with van der Waals surface area (Å²) in [6, 6.07) is 2.93. The molecule has 0 radical (unpaired) electrons. The van der Waals surface area contributed by atoms with Gasteiger partial charge in [-0.3, -0.25) is 10.2 Å². The minimum atomic E-state index is -3.89. The van der Waals surface area contributed by atoms with E-state index in [1.807, 2.05) is 0 Å². The van der Waals surface area contributed by atoms with Gasteiger partial charge in [0.1, 0.15) is 4.90 Å². The molecule has 0 unspecified atom stereocenters. The molecule has 1 amide bonds. The molecule has 0 aliphatic carbocycles. The summed E-state index contributed by atoms with van der Waals surface area (Å²) in [4.78, 5) is 17.6. The highest BCUT2D eigenvalue weighted by Gasteiger charge is 2.37. The van der Waals surface area contributed by atoms with Gasteiger partial charge in [0, 0.05) is 19.3 Å². The standard InChI is InChI=1S/C11H12N4O3S/c16-11(15-6-1-2-7-15)10-14-13-9-8(19(10,17)18)4-3-5-12-9/h3-5H,1-2,6-7H2,(H,12,13). The monoisotopic (exact) mass is 280 g/mol. The molecule has 1 saturated heterocycles. The van der Waals surface area contributed by atoms with Crippen molar-refractivity contribution in [3.8, 4) is 0 Å². The molecule has 0 aromatic carbocycles. The maximum atomic E-state index is 12.3. The Kier molecular flexibility index (Phi) is 2.74. The molecule has 8 heteroatoms. The zero-order valence-corrected chi connectivity index (χ0v) is 10.9. The maximum absolute atomic E-state index is 12.3. The molecule has 0 bridgehead atoms. The number of anilines is 1. The molecule has 2 aliphatic heterocycles. The number of likely N-dealkylation sites (tertiary alicyclic amines) is 1. The number of hydrogen-bond acceptors (Lipinski definition) is 6. The van der Waals surface area contributed by atoms with Gasteiger partial charge in [-0.15, -0.1) is 0 Å². The van der Waals surface area contributed by atoms with Gasteiger partial charge >= 0.3 is 0 Å². The number of fused-ring (bicyclic) bond motifs is 1. The average molecular weight is 280 g/mol. The zero-order chi connectivity index (χ0) is 13.5. The third kappa shape index (κ3) is 1.88. The van der Waals surface area contributed by atoms with E-state index in [0.717, 1.165) is 12.8 Å². The SMILES string of the molecule is O=C(C1=NNc2ncccc2S1(=O)=O)N1CCCC1.